The van der Waals surface area contributed by atoms with Crippen LogP contribution in [0.25, 0.3) is 0 Å². The summed E-state index contributed by atoms with van der Waals surface area (Å²) in [5.41, 5.74) is 0. The number of ether oxygens (including phenoxy) is 3. The minimum atomic E-state index is 0.727. The van der Waals surface area contributed by atoms with Gasteiger partial charge in [0.25, 0.3) is 0 Å². The molecule has 0 unspecified atom stereocenters. The highest BCUT2D eigenvalue weighted by atomic mass is 16.5. The summed E-state index contributed by atoms with van der Waals surface area (Å²) in [5, 5.41) is 0. The molecule has 3 nitrogen and oxygen atoms in total. The molecular formula is C12H28O3. The van der Waals surface area contributed by atoms with Gasteiger partial charge in [0.05, 0.1) is 13.2 Å². The first kappa shape index (κ1) is 17.3. The van der Waals surface area contributed by atoms with Crippen LogP contribution in [0.4, 0.5) is 0 Å². The lowest BCUT2D eigenvalue weighted by molar-refractivity contribution is 0.0584. The zero-order chi connectivity index (χ0) is 11.8. The number of hydrogen-bond donors (Lipinski definition) is 0. The van der Waals surface area contributed by atoms with Crippen molar-refractivity contribution < 1.29 is 14.2 Å². The van der Waals surface area contributed by atoms with E-state index >= 15 is 0 Å². The van der Waals surface area contributed by atoms with Crippen molar-refractivity contribution in [3.63, 3.8) is 0 Å². The lowest BCUT2D eigenvalue weighted by Crippen LogP contribution is -2.02. The maximum Gasteiger partial charge on any atom is 0.0700 e. The van der Waals surface area contributed by atoms with Crippen molar-refractivity contribution in [1.82, 2.24) is 0 Å². The smallest absolute Gasteiger partial charge is 0.0700 e. The zero-order valence-corrected chi connectivity index (χ0v) is 10.9. The Morgan fingerprint density at radius 2 is 0.933 bits per heavy atom. The van der Waals surface area contributed by atoms with E-state index < -0.39 is 0 Å². The molecule has 0 saturated carbocycles. The van der Waals surface area contributed by atoms with Crippen LogP contribution >= 0.6 is 0 Å². The molecule has 0 aromatic rings. The second kappa shape index (κ2) is 19.5. The van der Waals surface area contributed by atoms with Gasteiger partial charge in [-0.2, -0.15) is 0 Å². The summed E-state index contributed by atoms with van der Waals surface area (Å²) < 4.78 is 15.2. The van der Waals surface area contributed by atoms with Gasteiger partial charge in [-0.15, -0.1) is 0 Å². The minimum absolute atomic E-state index is 0.727. The second-order valence-corrected chi connectivity index (χ2v) is 3.01. The molecule has 0 aliphatic carbocycles. The van der Waals surface area contributed by atoms with E-state index in [2.05, 4.69) is 13.8 Å². The van der Waals surface area contributed by atoms with E-state index in [4.69, 9.17) is 14.2 Å². The van der Waals surface area contributed by atoms with E-state index in [0.717, 1.165) is 52.5 Å². The van der Waals surface area contributed by atoms with Crippen LogP contribution in [0.3, 0.4) is 0 Å². The van der Waals surface area contributed by atoms with Crippen LogP contribution in [0.15, 0.2) is 0 Å². The van der Waals surface area contributed by atoms with Gasteiger partial charge in [-0.3, -0.25) is 0 Å². The van der Waals surface area contributed by atoms with Crippen LogP contribution in [0.1, 0.15) is 40.5 Å². The lowest BCUT2D eigenvalue weighted by Gasteiger charge is -1.99. The van der Waals surface area contributed by atoms with Gasteiger partial charge in [-0.1, -0.05) is 13.8 Å². The second-order valence-electron chi connectivity index (χ2n) is 3.01. The molecule has 0 saturated heterocycles. The van der Waals surface area contributed by atoms with Gasteiger partial charge in [0.15, 0.2) is 0 Å². The van der Waals surface area contributed by atoms with Crippen molar-refractivity contribution >= 4 is 0 Å². The van der Waals surface area contributed by atoms with Crippen LogP contribution in [0.2, 0.25) is 0 Å². The molecule has 0 radical (unpaired) electrons. The maximum atomic E-state index is 5.13. The fourth-order valence-corrected chi connectivity index (χ4v) is 0.797. The molecule has 0 aromatic carbocycles. The van der Waals surface area contributed by atoms with Crippen molar-refractivity contribution in [3.05, 3.63) is 0 Å². The summed E-state index contributed by atoms with van der Waals surface area (Å²) in [7, 11) is 0. The van der Waals surface area contributed by atoms with E-state index in [9.17, 15) is 0 Å². The Hall–Kier alpha value is -0.120. The first-order valence-corrected chi connectivity index (χ1v) is 6.06. The molecule has 0 heterocycles. The van der Waals surface area contributed by atoms with Crippen molar-refractivity contribution in [2.24, 2.45) is 0 Å². The summed E-state index contributed by atoms with van der Waals surface area (Å²) in [4.78, 5) is 0. The Balaban J connectivity index is 0. The van der Waals surface area contributed by atoms with Gasteiger partial charge in [-0.05, 0) is 26.7 Å². The molecule has 0 aliphatic heterocycles. The van der Waals surface area contributed by atoms with Gasteiger partial charge < -0.3 is 14.2 Å². The zero-order valence-electron chi connectivity index (χ0n) is 10.9. The minimum Gasteiger partial charge on any atom is -0.381 e. The van der Waals surface area contributed by atoms with Crippen molar-refractivity contribution in [2.45, 2.75) is 40.5 Å². The van der Waals surface area contributed by atoms with Crippen molar-refractivity contribution in [3.8, 4) is 0 Å². The van der Waals surface area contributed by atoms with Gasteiger partial charge >= 0.3 is 0 Å². The normalized spacial score (nSPS) is 9.60. The van der Waals surface area contributed by atoms with E-state index in [-0.39, 0.29) is 0 Å². The summed E-state index contributed by atoms with van der Waals surface area (Å²) >= 11 is 0. The van der Waals surface area contributed by atoms with Gasteiger partial charge in [-0.25, -0.2) is 0 Å². The van der Waals surface area contributed by atoms with Crippen molar-refractivity contribution in [1.29, 1.82) is 0 Å². The van der Waals surface area contributed by atoms with Crippen molar-refractivity contribution in [2.75, 3.05) is 39.6 Å². The maximum absolute atomic E-state index is 5.13. The molecule has 0 aliphatic rings. The predicted molar refractivity (Wildman–Crippen MR) is 64.4 cm³/mol. The molecule has 3 heteroatoms. The fraction of sp³-hybridized carbons (Fsp3) is 1.00. The summed E-state index contributed by atoms with van der Waals surface area (Å²) in [6, 6.07) is 0. The lowest BCUT2D eigenvalue weighted by atomic mass is 10.5. The Kier molecular flexibility index (Phi) is 22.4. The molecular weight excluding hydrogens is 192 g/mol. The summed E-state index contributed by atoms with van der Waals surface area (Å²) in [6.07, 6.45) is 2.28. The molecule has 0 N–H and O–H groups in total. The molecule has 0 spiro atoms. The third kappa shape index (κ3) is 24.8. The van der Waals surface area contributed by atoms with Crippen LogP contribution in [-0.2, 0) is 14.2 Å². The van der Waals surface area contributed by atoms with E-state index in [1.165, 1.54) is 0 Å². The Bertz CT molecular complexity index is 76.9. The topological polar surface area (TPSA) is 27.7 Å². The third-order valence-electron chi connectivity index (χ3n) is 1.48. The van der Waals surface area contributed by atoms with E-state index in [1.54, 1.807) is 0 Å². The van der Waals surface area contributed by atoms with Crippen LogP contribution in [0, 0.1) is 0 Å². The Labute approximate surface area is 95.1 Å². The Morgan fingerprint density at radius 3 is 1.20 bits per heavy atom. The van der Waals surface area contributed by atoms with E-state index in [1.807, 2.05) is 13.8 Å². The number of hydrogen-bond acceptors (Lipinski definition) is 3. The van der Waals surface area contributed by atoms with Gasteiger partial charge in [0, 0.05) is 26.4 Å². The molecule has 94 valence electrons. The third-order valence-corrected chi connectivity index (χ3v) is 1.48. The monoisotopic (exact) mass is 220 g/mol. The first-order chi connectivity index (χ1) is 7.33. The highest BCUT2D eigenvalue weighted by molar-refractivity contribution is 4.25. The number of rotatable bonds is 9. The average molecular weight is 220 g/mol. The quantitative estimate of drug-likeness (QED) is 0.559. The first-order valence-electron chi connectivity index (χ1n) is 6.06. The highest BCUT2D eigenvalue weighted by Crippen LogP contribution is 1.81. The van der Waals surface area contributed by atoms with Gasteiger partial charge in [0.1, 0.15) is 0 Å². The van der Waals surface area contributed by atoms with Crippen LogP contribution in [-0.4, -0.2) is 39.6 Å². The summed E-state index contributed by atoms with van der Waals surface area (Å²) in [5.74, 6) is 0. The SMILES string of the molecule is CCCOCCC.CCOCCOCC. The Morgan fingerprint density at radius 1 is 0.533 bits per heavy atom. The molecule has 0 fully saturated rings. The van der Waals surface area contributed by atoms with Crippen LogP contribution < -0.4 is 0 Å². The summed E-state index contributed by atoms with van der Waals surface area (Å²) in [6.45, 7) is 13.1. The molecule has 0 aromatic heterocycles. The molecule has 0 amide bonds. The van der Waals surface area contributed by atoms with Gasteiger partial charge in [0.2, 0.25) is 0 Å². The largest absolute Gasteiger partial charge is 0.381 e. The highest BCUT2D eigenvalue weighted by Gasteiger charge is 1.81. The van der Waals surface area contributed by atoms with Crippen LogP contribution in [0.5, 0.6) is 0 Å². The standard InChI is InChI=1S/C6H14O2.C6H14O/c1-3-7-5-6-8-4-2;1-3-5-7-6-4-2/h3-6H2,1-2H3;3-6H2,1-2H3. The molecule has 0 rings (SSSR count). The molecule has 0 atom stereocenters. The van der Waals surface area contributed by atoms with E-state index in [0.29, 0.717) is 0 Å². The average Bonchev–Trinajstić information content (AvgIpc) is 2.26. The fourth-order valence-electron chi connectivity index (χ4n) is 0.797. The molecule has 0 bridgehead atoms. The predicted octanol–water partition coefficient (Wildman–Crippen LogP) is 2.88. The molecule has 15 heavy (non-hydrogen) atoms.